The Labute approximate surface area is 131 Å². The van der Waals surface area contributed by atoms with Crippen LogP contribution in [0.25, 0.3) is 0 Å². The standard InChI is InChI=1S/C16H13NO6/c18-15(19)12-7-4-8-13(17(21)22)14(12)16(20)23-10-9-11-5-2-1-3-6-11/h1-8H,9-10H2,(H,18,19). The Morgan fingerprint density at radius 3 is 2.39 bits per heavy atom. The molecule has 0 radical (unpaired) electrons. The van der Waals surface area contributed by atoms with Crippen LogP contribution in [0.4, 0.5) is 5.69 Å². The molecule has 2 aromatic carbocycles. The van der Waals surface area contributed by atoms with Crippen LogP contribution >= 0.6 is 0 Å². The van der Waals surface area contributed by atoms with Crippen molar-refractivity contribution in [2.24, 2.45) is 0 Å². The van der Waals surface area contributed by atoms with Gasteiger partial charge in [0.25, 0.3) is 5.69 Å². The summed E-state index contributed by atoms with van der Waals surface area (Å²) < 4.78 is 5.01. The molecule has 0 spiro atoms. The number of aromatic carboxylic acids is 1. The Kier molecular flexibility index (Phi) is 5.03. The fraction of sp³-hybridized carbons (Fsp3) is 0.125. The van der Waals surface area contributed by atoms with Gasteiger partial charge in [0, 0.05) is 12.5 Å². The van der Waals surface area contributed by atoms with Gasteiger partial charge in [0.2, 0.25) is 0 Å². The van der Waals surface area contributed by atoms with Crippen LogP contribution in [-0.2, 0) is 11.2 Å². The molecule has 0 aliphatic rings. The van der Waals surface area contributed by atoms with Crippen molar-refractivity contribution in [3.8, 4) is 0 Å². The molecule has 23 heavy (non-hydrogen) atoms. The van der Waals surface area contributed by atoms with Gasteiger partial charge in [-0.15, -0.1) is 0 Å². The zero-order valence-corrected chi connectivity index (χ0v) is 12.0. The van der Waals surface area contributed by atoms with E-state index in [9.17, 15) is 19.7 Å². The molecule has 0 aliphatic heterocycles. The summed E-state index contributed by atoms with van der Waals surface area (Å²) in [6.45, 7) is -0.00600. The van der Waals surface area contributed by atoms with Crippen LogP contribution < -0.4 is 0 Å². The molecule has 0 aromatic heterocycles. The van der Waals surface area contributed by atoms with Crippen molar-refractivity contribution in [1.29, 1.82) is 0 Å². The summed E-state index contributed by atoms with van der Waals surface area (Å²) in [5, 5.41) is 20.1. The van der Waals surface area contributed by atoms with Crippen LogP contribution in [0.5, 0.6) is 0 Å². The molecule has 118 valence electrons. The number of hydrogen-bond donors (Lipinski definition) is 1. The van der Waals surface area contributed by atoms with Gasteiger partial charge in [0.1, 0.15) is 0 Å². The molecule has 0 fully saturated rings. The maximum absolute atomic E-state index is 12.1. The highest BCUT2D eigenvalue weighted by atomic mass is 16.6. The summed E-state index contributed by atoms with van der Waals surface area (Å²) in [6, 6.07) is 12.6. The van der Waals surface area contributed by atoms with E-state index in [4.69, 9.17) is 9.84 Å². The molecule has 0 saturated carbocycles. The average Bonchev–Trinajstić information content (AvgIpc) is 2.54. The summed E-state index contributed by atoms with van der Waals surface area (Å²) >= 11 is 0. The average molecular weight is 315 g/mol. The number of carbonyl (C=O) groups is 2. The lowest BCUT2D eigenvalue weighted by atomic mass is 10.1. The summed E-state index contributed by atoms with van der Waals surface area (Å²) in [4.78, 5) is 33.5. The largest absolute Gasteiger partial charge is 0.478 e. The highest BCUT2D eigenvalue weighted by molar-refractivity contribution is 6.05. The minimum atomic E-state index is -1.43. The predicted molar refractivity (Wildman–Crippen MR) is 80.5 cm³/mol. The molecule has 0 atom stereocenters. The van der Waals surface area contributed by atoms with Crippen molar-refractivity contribution < 1.29 is 24.4 Å². The molecule has 0 unspecified atom stereocenters. The van der Waals surface area contributed by atoms with Crippen molar-refractivity contribution in [1.82, 2.24) is 0 Å². The molecule has 1 N–H and O–H groups in total. The summed E-state index contributed by atoms with van der Waals surface area (Å²) in [5.74, 6) is -2.45. The van der Waals surface area contributed by atoms with Crippen LogP contribution in [0, 0.1) is 10.1 Å². The molecule has 0 heterocycles. The quantitative estimate of drug-likeness (QED) is 0.499. The molecule has 0 bridgehead atoms. The molecular weight excluding hydrogens is 302 g/mol. The second-order valence-corrected chi connectivity index (χ2v) is 4.63. The maximum Gasteiger partial charge on any atom is 0.346 e. The first-order valence-electron chi connectivity index (χ1n) is 6.72. The molecular formula is C16H13NO6. The van der Waals surface area contributed by atoms with Gasteiger partial charge in [-0.1, -0.05) is 36.4 Å². The van der Waals surface area contributed by atoms with Gasteiger partial charge >= 0.3 is 11.9 Å². The summed E-state index contributed by atoms with van der Waals surface area (Å²) in [5.41, 5.74) is -0.655. The molecule has 0 amide bonds. The van der Waals surface area contributed by atoms with Crippen molar-refractivity contribution in [3.05, 3.63) is 75.3 Å². The van der Waals surface area contributed by atoms with E-state index < -0.39 is 33.7 Å². The number of hydrogen-bond acceptors (Lipinski definition) is 5. The third-order valence-corrected chi connectivity index (χ3v) is 3.14. The lowest BCUT2D eigenvalue weighted by Gasteiger charge is -2.08. The second-order valence-electron chi connectivity index (χ2n) is 4.63. The predicted octanol–water partition coefficient (Wildman–Crippen LogP) is 2.69. The first kappa shape index (κ1) is 16.2. The molecule has 0 saturated heterocycles. The maximum atomic E-state index is 12.1. The lowest BCUT2D eigenvalue weighted by Crippen LogP contribution is -2.15. The first-order chi connectivity index (χ1) is 11.0. The third kappa shape index (κ3) is 3.91. The SMILES string of the molecule is O=C(O)c1cccc([N+](=O)[O-])c1C(=O)OCCc1ccccc1. The fourth-order valence-electron chi connectivity index (χ4n) is 2.06. The van der Waals surface area contributed by atoms with Crippen LogP contribution in [0.1, 0.15) is 26.3 Å². The third-order valence-electron chi connectivity index (χ3n) is 3.14. The number of nitro benzene ring substituents is 1. The number of carboxylic acid groups (broad SMARTS) is 1. The van der Waals surface area contributed by atoms with Gasteiger partial charge in [-0.3, -0.25) is 10.1 Å². The van der Waals surface area contributed by atoms with E-state index in [1.165, 1.54) is 6.07 Å². The molecule has 7 heteroatoms. The Morgan fingerprint density at radius 1 is 1.09 bits per heavy atom. The number of nitrogens with zero attached hydrogens (tertiary/aromatic N) is 1. The van der Waals surface area contributed by atoms with E-state index in [-0.39, 0.29) is 6.61 Å². The Morgan fingerprint density at radius 2 is 1.78 bits per heavy atom. The summed E-state index contributed by atoms with van der Waals surface area (Å²) in [7, 11) is 0. The Bertz CT molecular complexity index is 709. The van der Waals surface area contributed by atoms with Crippen LogP contribution in [0.15, 0.2) is 48.5 Å². The number of carbonyl (C=O) groups excluding carboxylic acids is 1. The van der Waals surface area contributed by atoms with Gasteiger partial charge < -0.3 is 9.84 Å². The Hall–Kier alpha value is -3.22. The highest BCUT2D eigenvalue weighted by Crippen LogP contribution is 2.23. The van der Waals surface area contributed by atoms with E-state index in [1.54, 1.807) is 0 Å². The van der Waals surface area contributed by atoms with Gasteiger partial charge in [-0.2, -0.15) is 0 Å². The number of carboxylic acids is 1. The first-order valence-corrected chi connectivity index (χ1v) is 6.72. The second kappa shape index (κ2) is 7.17. The van der Waals surface area contributed by atoms with Crippen molar-refractivity contribution in [2.75, 3.05) is 6.61 Å². The van der Waals surface area contributed by atoms with E-state index in [1.807, 2.05) is 30.3 Å². The van der Waals surface area contributed by atoms with Gasteiger partial charge in [0.15, 0.2) is 5.56 Å². The fourth-order valence-corrected chi connectivity index (χ4v) is 2.06. The van der Waals surface area contributed by atoms with Gasteiger partial charge in [-0.25, -0.2) is 9.59 Å². The molecule has 2 aromatic rings. The van der Waals surface area contributed by atoms with Gasteiger partial charge in [0.05, 0.1) is 17.1 Å². The zero-order valence-electron chi connectivity index (χ0n) is 12.0. The Balaban J connectivity index is 2.18. The van der Waals surface area contributed by atoms with E-state index in [2.05, 4.69) is 0 Å². The minimum Gasteiger partial charge on any atom is -0.478 e. The van der Waals surface area contributed by atoms with Crippen LogP contribution in [0.2, 0.25) is 0 Å². The zero-order chi connectivity index (χ0) is 16.8. The summed E-state index contributed by atoms with van der Waals surface area (Å²) in [6.07, 6.45) is 0.426. The van der Waals surface area contributed by atoms with Crippen molar-refractivity contribution >= 4 is 17.6 Å². The lowest BCUT2D eigenvalue weighted by molar-refractivity contribution is -0.385. The van der Waals surface area contributed by atoms with E-state index >= 15 is 0 Å². The number of benzene rings is 2. The molecule has 7 nitrogen and oxygen atoms in total. The monoisotopic (exact) mass is 315 g/mol. The topological polar surface area (TPSA) is 107 Å². The number of nitro groups is 1. The highest BCUT2D eigenvalue weighted by Gasteiger charge is 2.28. The smallest absolute Gasteiger partial charge is 0.346 e. The molecule has 0 aliphatic carbocycles. The van der Waals surface area contributed by atoms with Crippen molar-refractivity contribution in [3.63, 3.8) is 0 Å². The van der Waals surface area contributed by atoms with Crippen LogP contribution in [-0.4, -0.2) is 28.6 Å². The molecule has 2 rings (SSSR count). The number of esters is 1. The van der Waals surface area contributed by atoms with Crippen molar-refractivity contribution in [2.45, 2.75) is 6.42 Å². The van der Waals surface area contributed by atoms with Gasteiger partial charge in [-0.05, 0) is 11.6 Å². The van der Waals surface area contributed by atoms with E-state index in [0.717, 1.165) is 17.7 Å². The number of rotatable bonds is 6. The number of ether oxygens (including phenoxy) is 1. The minimum absolute atomic E-state index is 0.00600. The van der Waals surface area contributed by atoms with Crippen LogP contribution in [0.3, 0.4) is 0 Å². The van der Waals surface area contributed by atoms with E-state index in [0.29, 0.717) is 6.42 Å². The normalized spacial score (nSPS) is 10.1.